The van der Waals surface area contributed by atoms with Gasteiger partial charge in [0.05, 0.1) is 5.92 Å². The topological polar surface area (TPSA) is 71.4 Å². The highest BCUT2D eigenvalue weighted by molar-refractivity contribution is 7.71. The molecule has 0 rings (SSSR count). The summed E-state index contributed by atoms with van der Waals surface area (Å²) in [5, 5.41) is 8.85. The summed E-state index contributed by atoms with van der Waals surface area (Å²) in [5.74, 6) is -2.07. The van der Waals surface area contributed by atoms with Gasteiger partial charge in [0, 0.05) is 5.37 Å². The van der Waals surface area contributed by atoms with Crippen molar-refractivity contribution >= 4 is 21.6 Å². The van der Waals surface area contributed by atoms with E-state index in [2.05, 4.69) is 0 Å². The van der Waals surface area contributed by atoms with Gasteiger partial charge >= 0.3 is 5.97 Å². The summed E-state index contributed by atoms with van der Waals surface area (Å²) in [7, 11) is -2.37. The minimum Gasteiger partial charge on any atom is -0.481 e. The molecule has 0 fully saturated rings. The molecule has 0 saturated carbocycles. The Balaban J connectivity index is 4.26. The summed E-state index contributed by atoms with van der Waals surface area (Å²) in [4.78, 5) is 9.93. The molecule has 0 amide bonds. The summed E-state index contributed by atoms with van der Waals surface area (Å²) in [6, 6.07) is 0. The summed E-state index contributed by atoms with van der Waals surface area (Å²) in [5.41, 5.74) is 0. The van der Waals surface area contributed by atoms with Gasteiger partial charge in [0.15, 0.2) is 0 Å². The van der Waals surface area contributed by atoms with E-state index in [0.29, 0.717) is 0 Å². The monoisotopic (exact) mass is 150 g/mol. The van der Waals surface area contributed by atoms with E-state index >= 15 is 0 Å². The van der Waals surface area contributed by atoms with Gasteiger partial charge in [0.2, 0.25) is 10.3 Å². The second-order valence-electron chi connectivity index (χ2n) is 1.52. The van der Waals surface area contributed by atoms with Crippen molar-refractivity contribution in [1.29, 1.82) is 0 Å². The molecule has 0 radical (unpaired) electrons. The zero-order chi connectivity index (χ0) is 7.44. The van der Waals surface area contributed by atoms with E-state index in [1.807, 2.05) is 0 Å². The Kier molecular flexibility index (Phi) is 2.94. The Morgan fingerprint density at radius 1 is 1.67 bits per heavy atom. The Morgan fingerprint density at radius 2 is 2.11 bits per heavy atom. The van der Waals surface area contributed by atoms with Crippen LogP contribution in [0.3, 0.4) is 0 Å². The van der Waals surface area contributed by atoms with Crippen molar-refractivity contribution in [3.63, 3.8) is 0 Å². The molecule has 0 aromatic rings. The predicted molar refractivity (Wildman–Crippen MR) is 31.8 cm³/mol. The average Bonchev–Trinajstić information content (AvgIpc) is 1.63. The third-order valence-corrected chi connectivity index (χ3v) is 1.34. The van der Waals surface area contributed by atoms with E-state index in [0.717, 1.165) is 5.37 Å². The van der Waals surface area contributed by atoms with E-state index in [-0.39, 0.29) is 0 Å². The molecule has 5 heteroatoms. The molecular formula is C4H6O4S. The maximum atomic E-state index is 9.93. The lowest BCUT2D eigenvalue weighted by Gasteiger charge is -1.90. The van der Waals surface area contributed by atoms with Gasteiger partial charge in [-0.1, -0.05) is 0 Å². The summed E-state index contributed by atoms with van der Waals surface area (Å²) in [6.07, 6.45) is 0. The van der Waals surface area contributed by atoms with Crippen LogP contribution in [0.4, 0.5) is 0 Å². The fraction of sp³-hybridized carbons (Fsp3) is 0.500. The highest BCUT2D eigenvalue weighted by Gasteiger charge is 2.06. The van der Waals surface area contributed by atoms with E-state index in [1.54, 1.807) is 0 Å². The Bertz CT molecular complexity index is 217. The Labute approximate surface area is 53.7 Å². The number of rotatable bonds is 2. The normalized spacial score (nSPS) is 12.1. The zero-order valence-electron chi connectivity index (χ0n) is 4.73. The van der Waals surface area contributed by atoms with E-state index in [9.17, 15) is 13.2 Å². The van der Waals surface area contributed by atoms with Crippen LogP contribution in [-0.2, 0) is 15.1 Å². The lowest BCUT2D eigenvalue weighted by Crippen LogP contribution is -2.10. The molecule has 1 atom stereocenters. The van der Waals surface area contributed by atoms with Gasteiger partial charge in [0.25, 0.3) is 0 Å². The molecule has 0 spiro atoms. The van der Waals surface area contributed by atoms with Gasteiger partial charge in [-0.15, -0.1) is 0 Å². The molecule has 0 aliphatic heterocycles. The Hall–Kier alpha value is -0.840. The molecule has 1 N–H and O–H groups in total. The van der Waals surface area contributed by atoms with Crippen LogP contribution in [0.5, 0.6) is 0 Å². The van der Waals surface area contributed by atoms with E-state index in [4.69, 9.17) is 5.11 Å². The molecule has 0 unspecified atom stereocenters. The average molecular weight is 150 g/mol. The van der Waals surface area contributed by atoms with Gasteiger partial charge in [-0.2, -0.15) is 8.42 Å². The molecule has 0 bridgehead atoms. The minimum atomic E-state index is -2.37. The fourth-order valence-corrected chi connectivity index (χ4v) is 0.675. The Morgan fingerprint density at radius 3 is 2.22 bits per heavy atom. The second kappa shape index (κ2) is 3.24. The third kappa shape index (κ3) is 3.72. The van der Waals surface area contributed by atoms with Crippen molar-refractivity contribution in [2.75, 3.05) is 0 Å². The SMILES string of the molecule is C[C@@H](C=S(=O)=O)C(=O)O. The van der Waals surface area contributed by atoms with Crippen molar-refractivity contribution in [1.82, 2.24) is 0 Å². The number of hydrogen-bond acceptors (Lipinski definition) is 3. The van der Waals surface area contributed by atoms with Crippen molar-refractivity contribution < 1.29 is 18.3 Å². The summed E-state index contributed by atoms with van der Waals surface area (Å²) < 4.78 is 19.6. The lowest BCUT2D eigenvalue weighted by molar-refractivity contribution is -0.138. The molecule has 9 heavy (non-hydrogen) atoms. The van der Waals surface area contributed by atoms with Crippen molar-refractivity contribution in [3.8, 4) is 0 Å². The molecule has 52 valence electrons. The molecule has 0 aliphatic rings. The lowest BCUT2D eigenvalue weighted by atomic mass is 10.2. The standard InChI is InChI=1S/C4H6O4S/c1-3(4(5)6)2-9(7)8/h2-3H,1H3,(H,5,6)/t3-/m0/s1. The largest absolute Gasteiger partial charge is 0.481 e. The van der Waals surface area contributed by atoms with Gasteiger partial charge < -0.3 is 5.11 Å². The molecule has 0 heterocycles. The molecule has 4 nitrogen and oxygen atoms in total. The predicted octanol–water partition coefficient (Wildman–Crippen LogP) is -0.612. The van der Waals surface area contributed by atoms with Crippen LogP contribution >= 0.6 is 0 Å². The van der Waals surface area contributed by atoms with Gasteiger partial charge in [0.1, 0.15) is 0 Å². The maximum Gasteiger partial charge on any atom is 0.311 e. The highest BCUT2D eigenvalue weighted by atomic mass is 32.2. The molecule has 0 aliphatic carbocycles. The van der Waals surface area contributed by atoms with Crippen LogP contribution in [0.15, 0.2) is 0 Å². The molecule has 0 saturated heterocycles. The van der Waals surface area contributed by atoms with Crippen molar-refractivity contribution in [2.24, 2.45) is 5.92 Å². The van der Waals surface area contributed by atoms with Gasteiger partial charge in [-0.3, -0.25) is 4.79 Å². The maximum absolute atomic E-state index is 9.93. The van der Waals surface area contributed by atoms with Crippen LogP contribution in [0.2, 0.25) is 0 Å². The van der Waals surface area contributed by atoms with Crippen LogP contribution < -0.4 is 0 Å². The number of hydrogen-bond donors (Lipinski definition) is 1. The van der Waals surface area contributed by atoms with Crippen molar-refractivity contribution in [3.05, 3.63) is 0 Å². The molecule has 0 aromatic heterocycles. The number of aliphatic carboxylic acids is 1. The number of carbonyl (C=O) groups is 1. The summed E-state index contributed by atoms with van der Waals surface area (Å²) >= 11 is 0. The van der Waals surface area contributed by atoms with Gasteiger partial charge in [-0.25, -0.2) is 0 Å². The molecular weight excluding hydrogens is 144 g/mol. The first kappa shape index (κ1) is 8.16. The van der Waals surface area contributed by atoms with Crippen LogP contribution in [0.1, 0.15) is 6.92 Å². The first-order valence-electron chi connectivity index (χ1n) is 2.20. The number of carboxylic acids is 1. The van der Waals surface area contributed by atoms with Crippen molar-refractivity contribution in [2.45, 2.75) is 6.92 Å². The van der Waals surface area contributed by atoms with Crippen LogP contribution in [0.25, 0.3) is 0 Å². The third-order valence-electron chi connectivity index (χ3n) is 0.705. The molecule has 0 aromatic carbocycles. The first-order chi connectivity index (χ1) is 4.04. The fourth-order valence-electron chi connectivity index (χ4n) is 0.225. The highest BCUT2D eigenvalue weighted by Crippen LogP contribution is 1.86. The van der Waals surface area contributed by atoms with E-state index < -0.39 is 22.2 Å². The van der Waals surface area contributed by atoms with Crippen LogP contribution in [0, 0.1) is 5.92 Å². The smallest absolute Gasteiger partial charge is 0.311 e. The number of carboxylic acid groups (broad SMARTS) is 1. The second-order valence-corrected chi connectivity index (χ2v) is 2.32. The first-order valence-corrected chi connectivity index (χ1v) is 3.33. The summed E-state index contributed by atoms with van der Waals surface area (Å²) in [6.45, 7) is 1.29. The minimum absolute atomic E-state index is 0.725. The quantitative estimate of drug-likeness (QED) is 0.533. The van der Waals surface area contributed by atoms with Gasteiger partial charge in [-0.05, 0) is 6.92 Å². The van der Waals surface area contributed by atoms with E-state index in [1.165, 1.54) is 6.92 Å². The zero-order valence-corrected chi connectivity index (χ0v) is 5.55. The van der Waals surface area contributed by atoms with Crippen LogP contribution in [-0.4, -0.2) is 24.9 Å².